The third kappa shape index (κ3) is 12.2. The smallest absolute Gasteiger partial charge is 0.220 e. The molecule has 1 saturated heterocycles. The van der Waals surface area contributed by atoms with Gasteiger partial charge in [0.1, 0.15) is 24.4 Å². The lowest BCUT2D eigenvalue weighted by Gasteiger charge is -2.40. The Balaban J connectivity index is 1.96. The van der Waals surface area contributed by atoms with Crippen LogP contribution in [-0.2, 0) is 9.53 Å². The first-order valence-electron chi connectivity index (χ1n) is 12.5. The SMILES string of the molecule is CC(C)CCCCCCCCCCCCCCC(=O)N[C@H]1C(O)O[C@H](CO)[C@@H](O)[C@@H]1O. The molecule has 0 aromatic heterocycles. The maximum Gasteiger partial charge on any atom is 0.220 e. The Bertz CT molecular complexity index is 461. The van der Waals surface area contributed by atoms with Crippen molar-refractivity contribution in [3.63, 3.8) is 0 Å². The molecule has 0 radical (unpaired) electrons. The van der Waals surface area contributed by atoms with E-state index in [-0.39, 0.29) is 5.91 Å². The Labute approximate surface area is 188 Å². The Morgan fingerprint density at radius 3 is 1.77 bits per heavy atom. The molecular formula is C24H47NO6. The summed E-state index contributed by atoms with van der Waals surface area (Å²) >= 11 is 0. The van der Waals surface area contributed by atoms with Crippen LogP contribution in [0.4, 0.5) is 0 Å². The second kappa shape index (κ2) is 16.8. The number of aliphatic hydroxyl groups excluding tert-OH is 4. The molecule has 0 aromatic rings. The molecule has 0 spiro atoms. The predicted octanol–water partition coefficient (Wildman–Crippen LogP) is 3.02. The van der Waals surface area contributed by atoms with E-state index in [0.717, 1.165) is 25.2 Å². The van der Waals surface area contributed by atoms with Crippen LogP contribution in [0.1, 0.15) is 104 Å². The molecule has 1 heterocycles. The van der Waals surface area contributed by atoms with Crippen LogP contribution in [0.15, 0.2) is 0 Å². The summed E-state index contributed by atoms with van der Waals surface area (Å²) in [7, 11) is 0. The number of ether oxygens (including phenoxy) is 1. The second-order valence-electron chi connectivity index (χ2n) is 9.50. The molecule has 0 aromatic carbocycles. The lowest BCUT2D eigenvalue weighted by atomic mass is 9.97. The van der Waals surface area contributed by atoms with Crippen molar-refractivity contribution in [2.45, 2.75) is 134 Å². The Hall–Kier alpha value is -0.730. The fourth-order valence-corrected chi connectivity index (χ4v) is 4.12. The zero-order valence-electron chi connectivity index (χ0n) is 19.7. The van der Waals surface area contributed by atoms with Gasteiger partial charge < -0.3 is 30.5 Å². The van der Waals surface area contributed by atoms with E-state index in [0.29, 0.717) is 6.42 Å². The van der Waals surface area contributed by atoms with E-state index in [9.17, 15) is 20.1 Å². The first-order chi connectivity index (χ1) is 14.9. The van der Waals surface area contributed by atoms with Gasteiger partial charge in [0.05, 0.1) is 6.61 Å². The second-order valence-corrected chi connectivity index (χ2v) is 9.50. The third-order valence-electron chi connectivity index (χ3n) is 6.16. The summed E-state index contributed by atoms with van der Waals surface area (Å²) < 4.78 is 5.04. The summed E-state index contributed by atoms with van der Waals surface area (Å²) in [6.45, 7) is 4.06. The number of unbranched alkanes of at least 4 members (excludes halogenated alkanes) is 11. The summed E-state index contributed by atoms with van der Waals surface area (Å²) in [5.74, 6) is 0.547. The van der Waals surface area contributed by atoms with Crippen LogP contribution in [0, 0.1) is 5.92 Å². The van der Waals surface area contributed by atoms with Crippen LogP contribution in [0.2, 0.25) is 0 Å². The van der Waals surface area contributed by atoms with Gasteiger partial charge in [-0.2, -0.15) is 0 Å². The van der Waals surface area contributed by atoms with Gasteiger partial charge in [0.15, 0.2) is 6.29 Å². The lowest BCUT2D eigenvalue weighted by molar-refractivity contribution is -0.253. The van der Waals surface area contributed by atoms with E-state index in [4.69, 9.17) is 9.84 Å². The zero-order chi connectivity index (χ0) is 23.1. The molecule has 0 saturated carbocycles. The number of rotatable bonds is 17. The van der Waals surface area contributed by atoms with Gasteiger partial charge >= 0.3 is 0 Å². The van der Waals surface area contributed by atoms with Gasteiger partial charge in [0.2, 0.25) is 5.91 Å². The molecular weight excluding hydrogens is 398 g/mol. The van der Waals surface area contributed by atoms with E-state index < -0.39 is 37.3 Å². The van der Waals surface area contributed by atoms with Gasteiger partial charge in [-0.1, -0.05) is 90.9 Å². The van der Waals surface area contributed by atoms with Gasteiger partial charge in [0.25, 0.3) is 0 Å². The first kappa shape index (κ1) is 28.3. The van der Waals surface area contributed by atoms with Crippen molar-refractivity contribution >= 4 is 5.91 Å². The molecule has 7 heteroatoms. The summed E-state index contributed by atoms with van der Waals surface area (Å²) in [4.78, 5) is 12.1. The fourth-order valence-electron chi connectivity index (χ4n) is 4.12. The van der Waals surface area contributed by atoms with Crippen molar-refractivity contribution in [1.82, 2.24) is 5.32 Å². The minimum absolute atomic E-state index is 0.283. The van der Waals surface area contributed by atoms with Gasteiger partial charge in [0, 0.05) is 6.42 Å². The third-order valence-corrected chi connectivity index (χ3v) is 6.16. The van der Waals surface area contributed by atoms with Crippen molar-refractivity contribution in [1.29, 1.82) is 0 Å². The number of carbonyl (C=O) groups excluding carboxylic acids is 1. The number of carbonyl (C=O) groups is 1. The summed E-state index contributed by atoms with van der Waals surface area (Å²) in [6, 6.07) is -1.10. The van der Waals surface area contributed by atoms with Crippen LogP contribution in [0.3, 0.4) is 0 Å². The van der Waals surface area contributed by atoms with E-state index in [2.05, 4.69) is 19.2 Å². The monoisotopic (exact) mass is 445 g/mol. The molecule has 5 atom stereocenters. The van der Waals surface area contributed by atoms with Gasteiger partial charge in [-0.15, -0.1) is 0 Å². The van der Waals surface area contributed by atoms with E-state index >= 15 is 0 Å². The van der Waals surface area contributed by atoms with E-state index in [1.807, 2.05) is 0 Å². The van der Waals surface area contributed by atoms with Crippen LogP contribution in [-0.4, -0.2) is 63.6 Å². The van der Waals surface area contributed by atoms with Crippen LogP contribution >= 0.6 is 0 Å². The molecule has 184 valence electrons. The quantitative estimate of drug-likeness (QED) is 0.220. The summed E-state index contributed by atoms with van der Waals surface area (Å²) in [6.07, 6.45) is 11.1. The molecule has 1 rings (SSSR count). The molecule has 1 unspecified atom stereocenters. The van der Waals surface area contributed by atoms with Crippen molar-refractivity contribution in [3.8, 4) is 0 Å². The number of amides is 1. The number of aliphatic hydroxyl groups is 4. The molecule has 5 N–H and O–H groups in total. The molecule has 1 amide bonds. The largest absolute Gasteiger partial charge is 0.394 e. The molecule has 0 bridgehead atoms. The van der Waals surface area contributed by atoms with Crippen LogP contribution in [0.5, 0.6) is 0 Å². The minimum Gasteiger partial charge on any atom is -0.394 e. The average Bonchev–Trinajstić information content (AvgIpc) is 2.73. The Morgan fingerprint density at radius 1 is 0.806 bits per heavy atom. The van der Waals surface area contributed by atoms with Crippen LogP contribution in [0.25, 0.3) is 0 Å². The highest BCUT2D eigenvalue weighted by molar-refractivity contribution is 5.76. The van der Waals surface area contributed by atoms with Crippen molar-refractivity contribution in [3.05, 3.63) is 0 Å². The molecule has 7 nitrogen and oxygen atoms in total. The normalized spacial score (nSPS) is 26.4. The zero-order valence-corrected chi connectivity index (χ0v) is 19.7. The maximum atomic E-state index is 12.1. The van der Waals surface area contributed by atoms with Crippen LogP contribution < -0.4 is 5.32 Å². The van der Waals surface area contributed by atoms with Gasteiger partial charge in [-0.05, 0) is 12.3 Å². The molecule has 0 aliphatic carbocycles. The highest BCUT2D eigenvalue weighted by Crippen LogP contribution is 2.20. The average molecular weight is 446 g/mol. The van der Waals surface area contributed by atoms with Gasteiger partial charge in [-0.3, -0.25) is 4.79 Å². The van der Waals surface area contributed by atoms with Crippen molar-refractivity contribution in [2.75, 3.05) is 6.61 Å². The fraction of sp³-hybridized carbons (Fsp3) is 0.958. The Kier molecular flexibility index (Phi) is 15.4. The molecule has 31 heavy (non-hydrogen) atoms. The van der Waals surface area contributed by atoms with Gasteiger partial charge in [-0.25, -0.2) is 0 Å². The molecule has 1 fully saturated rings. The summed E-state index contributed by atoms with van der Waals surface area (Å²) in [5.41, 5.74) is 0. The Morgan fingerprint density at radius 2 is 1.29 bits per heavy atom. The highest BCUT2D eigenvalue weighted by Gasteiger charge is 2.44. The topological polar surface area (TPSA) is 119 Å². The number of hydrogen-bond donors (Lipinski definition) is 5. The highest BCUT2D eigenvalue weighted by atomic mass is 16.6. The predicted molar refractivity (Wildman–Crippen MR) is 121 cm³/mol. The number of nitrogens with one attached hydrogen (secondary N) is 1. The van der Waals surface area contributed by atoms with E-state index in [1.165, 1.54) is 64.2 Å². The molecule has 1 aliphatic heterocycles. The molecule has 1 aliphatic rings. The number of hydrogen-bond acceptors (Lipinski definition) is 6. The summed E-state index contributed by atoms with van der Waals surface area (Å²) in [5, 5.41) is 41.4. The standard InChI is InChI=1S/C24H47NO6/c1-18(2)15-13-11-9-7-5-3-4-6-8-10-12-14-16-20(27)25-21-23(29)22(28)19(17-26)31-24(21)30/h18-19,21-24,26,28-30H,3-17H2,1-2H3,(H,25,27)/t19-,21-,22-,23-,24?/m1/s1. The van der Waals surface area contributed by atoms with Crippen molar-refractivity contribution in [2.24, 2.45) is 5.92 Å². The minimum atomic E-state index is -1.46. The maximum absolute atomic E-state index is 12.1. The lowest BCUT2D eigenvalue weighted by Crippen LogP contribution is -2.64. The first-order valence-corrected chi connectivity index (χ1v) is 12.5. The van der Waals surface area contributed by atoms with Crippen molar-refractivity contribution < 1.29 is 30.0 Å². The van der Waals surface area contributed by atoms with E-state index in [1.54, 1.807) is 0 Å².